The molecule has 0 radical (unpaired) electrons. The molecule has 0 bridgehead atoms. The minimum Gasteiger partial charge on any atom is -0.378 e. The first-order valence-corrected chi connectivity index (χ1v) is 11.1. The molecule has 1 fully saturated rings. The van der Waals surface area contributed by atoms with Gasteiger partial charge in [-0.05, 0) is 31.0 Å². The maximum atomic E-state index is 12.7. The van der Waals surface area contributed by atoms with Crippen molar-refractivity contribution in [3.05, 3.63) is 72.1 Å². The van der Waals surface area contributed by atoms with Crippen LogP contribution in [0.3, 0.4) is 0 Å². The van der Waals surface area contributed by atoms with Crippen molar-refractivity contribution in [1.82, 2.24) is 25.3 Å². The number of morpholine rings is 1. The number of aromatic amines is 1. The van der Waals surface area contributed by atoms with Crippen LogP contribution < -0.4 is 10.2 Å². The van der Waals surface area contributed by atoms with Crippen LogP contribution in [-0.2, 0) is 4.74 Å². The van der Waals surface area contributed by atoms with Crippen LogP contribution in [0.15, 0.2) is 55.1 Å². The molecule has 1 unspecified atom stereocenters. The van der Waals surface area contributed by atoms with Gasteiger partial charge in [-0.15, -0.1) is 0 Å². The summed E-state index contributed by atoms with van der Waals surface area (Å²) in [4.78, 5) is 31.4. The summed E-state index contributed by atoms with van der Waals surface area (Å²) in [6.07, 6.45) is 7.15. The topological polar surface area (TPSA) is 96.0 Å². The average molecular weight is 443 g/mol. The number of hydrogen-bond donors (Lipinski definition) is 2. The minimum absolute atomic E-state index is 0.139. The van der Waals surface area contributed by atoms with Crippen molar-refractivity contribution in [3.63, 3.8) is 0 Å². The van der Waals surface area contributed by atoms with E-state index < -0.39 is 0 Å². The third kappa shape index (κ3) is 4.29. The first-order valence-electron chi connectivity index (χ1n) is 11.1. The van der Waals surface area contributed by atoms with Gasteiger partial charge in [0.2, 0.25) is 5.82 Å². The molecule has 1 aliphatic heterocycles. The van der Waals surface area contributed by atoms with E-state index in [9.17, 15) is 4.79 Å². The van der Waals surface area contributed by atoms with E-state index in [0.29, 0.717) is 0 Å². The van der Waals surface area contributed by atoms with Gasteiger partial charge >= 0.3 is 0 Å². The Balaban J connectivity index is 1.35. The number of carbonyl (C=O) groups excluding carboxylic acids is 1. The predicted octanol–water partition coefficient (Wildman–Crippen LogP) is 3.66. The average Bonchev–Trinajstić information content (AvgIpc) is 3.28. The van der Waals surface area contributed by atoms with Gasteiger partial charge < -0.3 is 19.9 Å². The predicted molar refractivity (Wildman–Crippen MR) is 127 cm³/mol. The number of H-pyrrole nitrogens is 1. The van der Waals surface area contributed by atoms with Crippen molar-refractivity contribution in [2.75, 3.05) is 31.2 Å². The van der Waals surface area contributed by atoms with Crippen LogP contribution in [0.1, 0.15) is 34.7 Å². The van der Waals surface area contributed by atoms with Gasteiger partial charge in [-0.3, -0.25) is 4.79 Å². The van der Waals surface area contributed by atoms with E-state index >= 15 is 0 Å². The Hall–Kier alpha value is -3.78. The number of aryl methyl sites for hydroxylation is 1. The number of fused-ring (bicyclic) bond motifs is 1. The lowest BCUT2D eigenvalue weighted by molar-refractivity contribution is 0.0929. The highest BCUT2D eigenvalue weighted by molar-refractivity contribution is 5.95. The Labute approximate surface area is 192 Å². The van der Waals surface area contributed by atoms with E-state index in [4.69, 9.17) is 4.74 Å². The Kier molecular flexibility index (Phi) is 5.75. The van der Waals surface area contributed by atoms with Gasteiger partial charge in [0.05, 0.1) is 31.1 Å². The normalized spacial score (nSPS) is 14.9. The summed E-state index contributed by atoms with van der Waals surface area (Å²) in [5.41, 5.74) is 5.85. The van der Waals surface area contributed by atoms with Crippen molar-refractivity contribution < 1.29 is 9.53 Å². The number of rotatable bonds is 5. The smallest absolute Gasteiger partial charge is 0.289 e. The number of pyridine rings is 1. The molecule has 168 valence electrons. The monoisotopic (exact) mass is 442 g/mol. The van der Waals surface area contributed by atoms with Gasteiger partial charge in [0, 0.05) is 48.2 Å². The zero-order valence-electron chi connectivity index (χ0n) is 18.7. The minimum atomic E-state index is -0.299. The Morgan fingerprint density at radius 3 is 2.64 bits per heavy atom. The van der Waals surface area contributed by atoms with Crippen molar-refractivity contribution in [3.8, 4) is 11.1 Å². The van der Waals surface area contributed by atoms with Crippen LogP contribution in [0.4, 0.5) is 5.69 Å². The zero-order valence-corrected chi connectivity index (χ0v) is 18.7. The maximum absolute atomic E-state index is 12.7. The lowest BCUT2D eigenvalue weighted by Crippen LogP contribution is -2.36. The second kappa shape index (κ2) is 8.99. The number of benzene rings is 1. The largest absolute Gasteiger partial charge is 0.378 e. The number of nitrogens with one attached hydrogen (secondary N) is 2. The fourth-order valence-electron chi connectivity index (χ4n) is 4.22. The first kappa shape index (κ1) is 21.1. The molecular formula is C25H26N6O2. The van der Waals surface area contributed by atoms with E-state index in [2.05, 4.69) is 36.2 Å². The standard InChI is InChI=1S/C25H26N6O2/c1-16-5-3-4-6-20(16)17(2)30-25(32)24-26-12-18(13-27-24)22-15-29-23-21(22)11-19(14-28-23)31-7-9-33-10-8-31/h3-6,11-15,17H,7-10H2,1-2H3,(H,28,29)(H,30,32). The van der Waals surface area contributed by atoms with E-state index in [1.54, 1.807) is 12.4 Å². The summed E-state index contributed by atoms with van der Waals surface area (Å²) in [5.74, 6) is -0.154. The summed E-state index contributed by atoms with van der Waals surface area (Å²) >= 11 is 0. The van der Waals surface area contributed by atoms with Gasteiger partial charge in [0.25, 0.3) is 5.91 Å². The molecule has 1 saturated heterocycles. The number of carbonyl (C=O) groups is 1. The highest BCUT2D eigenvalue weighted by Crippen LogP contribution is 2.30. The third-order valence-electron chi connectivity index (χ3n) is 6.06. The molecule has 1 amide bonds. The van der Waals surface area contributed by atoms with Crippen LogP contribution in [0.2, 0.25) is 0 Å². The van der Waals surface area contributed by atoms with Crippen LogP contribution in [0, 0.1) is 6.92 Å². The van der Waals surface area contributed by atoms with E-state index in [1.165, 1.54) is 0 Å². The van der Waals surface area contributed by atoms with Gasteiger partial charge in [0.15, 0.2) is 0 Å². The molecule has 8 nitrogen and oxygen atoms in total. The molecule has 0 aliphatic carbocycles. The van der Waals surface area contributed by atoms with Crippen molar-refractivity contribution >= 4 is 22.6 Å². The molecule has 1 aromatic carbocycles. The molecule has 2 N–H and O–H groups in total. The second-order valence-corrected chi connectivity index (χ2v) is 8.24. The molecule has 0 saturated carbocycles. The quantitative estimate of drug-likeness (QED) is 0.490. The Bertz CT molecular complexity index is 1280. The van der Waals surface area contributed by atoms with E-state index in [0.717, 1.165) is 65.3 Å². The molecule has 0 spiro atoms. The number of anilines is 1. The summed E-state index contributed by atoms with van der Waals surface area (Å²) in [5, 5.41) is 3.98. The highest BCUT2D eigenvalue weighted by atomic mass is 16.5. The number of hydrogen-bond acceptors (Lipinski definition) is 6. The molecule has 33 heavy (non-hydrogen) atoms. The van der Waals surface area contributed by atoms with Crippen LogP contribution in [-0.4, -0.2) is 52.1 Å². The van der Waals surface area contributed by atoms with Crippen molar-refractivity contribution in [1.29, 1.82) is 0 Å². The highest BCUT2D eigenvalue weighted by Gasteiger charge is 2.17. The molecule has 1 aliphatic rings. The van der Waals surface area contributed by atoms with Gasteiger partial charge in [-0.25, -0.2) is 15.0 Å². The summed E-state index contributed by atoms with van der Waals surface area (Å²) < 4.78 is 5.45. The fourth-order valence-corrected chi connectivity index (χ4v) is 4.22. The van der Waals surface area contributed by atoms with Crippen LogP contribution in [0.5, 0.6) is 0 Å². The molecule has 4 aromatic rings. The van der Waals surface area contributed by atoms with Crippen molar-refractivity contribution in [2.24, 2.45) is 0 Å². The third-order valence-corrected chi connectivity index (χ3v) is 6.06. The Morgan fingerprint density at radius 2 is 1.88 bits per heavy atom. The lowest BCUT2D eigenvalue weighted by atomic mass is 10.0. The zero-order chi connectivity index (χ0) is 22.8. The van der Waals surface area contributed by atoms with Crippen molar-refractivity contribution in [2.45, 2.75) is 19.9 Å². The van der Waals surface area contributed by atoms with Gasteiger partial charge in [0.1, 0.15) is 5.65 Å². The first-order chi connectivity index (χ1) is 16.1. The SMILES string of the molecule is Cc1ccccc1C(C)NC(=O)c1ncc(-c2c[nH]c3ncc(N4CCOCC4)cc23)cn1. The maximum Gasteiger partial charge on any atom is 0.289 e. The van der Waals surface area contributed by atoms with E-state index in [-0.39, 0.29) is 17.8 Å². The van der Waals surface area contributed by atoms with Gasteiger partial charge in [-0.1, -0.05) is 24.3 Å². The summed E-state index contributed by atoms with van der Waals surface area (Å²) in [7, 11) is 0. The lowest BCUT2D eigenvalue weighted by Gasteiger charge is -2.28. The van der Waals surface area contributed by atoms with E-state index in [1.807, 2.05) is 50.5 Å². The number of aromatic nitrogens is 4. The number of ether oxygens (including phenoxy) is 1. The molecular weight excluding hydrogens is 416 g/mol. The van der Waals surface area contributed by atoms with Crippen LogP contribution >= 0.6 is 0 Å². The molecule has 8 heteroatoms. The summed E-state index contributed by atoms with van der Waals surface area (Å²) in [6, 6.07) is 9.99. The number of nitrogens with zero attached hydrogens (tertiary/aromatic N) is 4. The molecule has 5 rings (SSSR count). The molecule has 4 heterocycles. The molecule has 3 aromatic heterocycles. The Morgan fingerprint density at radius 1 is 1.12 bits per heavy atom. The van der Waals surface area contributed by atoms with Crippen LogP contribution in [0.25, 0.3) is 22.2 Å². The fraction of sp³-hybridized carbons (Fsp3) is 0.280. The molecule has 1 atom stereocenters. The van der Waals surface area contributed by atoms with Gasteiger partial charge in [-0.2, -0.15) is 0 Å². The summed E-state index contributed by atoms with van der Waals surface area (Å²) in [6.45, 7) is 7.13. The second-order valence-electron chi connectivity index (χ2n) is 8.24. The number of amides is 1.